The second-order valence-corrected chi connectivity index (χ2v) is 6.11. The van der Waals surface area contributed by atoms with Crippen LogP contribution in [0.15, 0.2) is 42.5 Å². The van der Waals surface area contributed by atoms with E-state index in [-0.39, 0.29) is 12.2 Å². The molecule has 2 amide bonds. The van der Waals surface area contributed by atoms with Gasteiger partial charge in [-0.2, -0.15) is 0 Å². The van der Waals surface area contributed by atoms with E-state index in [9.17, 15) is 23.5 Å². The van der Waals surface area contributed by atoms with Crippen LogP contribution in [0.1, 0.15) is 11.1 Å². The van der Waals surface area contributed by atoms with Gasteiger partial charge in [-0.15, -0.1) is 0 Å². The molecule has 0 saturated carbocycles. The van der Waals surface area contributed by atoms with Gasteiger partial charge in [0.2, 0.25) is 0 Å². The molecule has 0 fully saturated rings. The summed E-state index contributed by atoms with van der Waals surface area (Å²) in [5.74, 6) is -4.17. The monoisotopic (exact) mass is 346 g/mol. The van der Waals surface area contributed by atoms with Crippen molar-refractivity contribution in [1.82, 2.24) is 5.32 Å². The summed E-state index contributed by atoms with van der Waals surface area (Å²) in [7, 11) is 0. The van der Waals surface area contributed by atoms with E-state index in [4.69, 9.17) is 0 Å². The Kier molecular flexibility index (Phi) is 4.50. The van der Waals surface area contributed by atoms with E-state index in [0.29, 0.717) is 12.8 Å². The first-order valence-corrected chi connectivity index (χ1v) is 7.70. The number of aliphatic hydroxyl groups is 1. The van der Waals surface area contributed by atoms with Crippen LogP contribution in [0.25, 0.3) is 0 Å². The molecule has 0 atom stereocenters. The maximum atomic E-state index is 13.1. The lowest BCUT2D eigenvalue weighted by Crippen LogP contribution is -2.46. The number of hydrogen-bond acceptors (Lipinski definition) is 3. The van der Waals surface area contributed by atoms with Gasteiger partial charge in [0.05, 0.1) is 5.60 Å². The molecule has 3 rings (SSSR count). The van der Waals surface area contributed by atoms with Crippen LogP contribution in [0, 0.1) is 11.6 Å². The Morgan fingerprint density at radius 2 is 1.64 bits per heavy atom. The number of benzene rings is 2. The molecule has 0 radical (unpaired) electrons. The van der Waals surface area contributed by atoms with Crippen molar-refractivity contribution in [3.05, 3.63) is 65.2 Å². The second-order valence-electron chi connectivity index (χ2n) is 6.11. The third-order valence-electron chi connectivity index (χ3n) is 4.12. The van der Waals surface area contributed by atoms with Crippen molar-refractivity contribution in [1.29, 1.82) is 0 Å². The number of carbonyl (C=O) groups is 2. The van der Waals surface area contributed by atoms with E-state index in [2.05, 4.69) is 10.6 Å². The molecule has 0 unspecified atom stereocenters. The van der Waals surface area contributed by atoms with E-state index in [0.717, 1.165) is 29.3 Å². The van der Waals surface area contributed by atoms with Crippen molar-refractivity contribution < 1.29 is 23.5 Å². The predicted octanol–water partition coefficient (Wildman–Crippen LogP) is 1.55. The number of halogens is 2. The minimum absolute atomic E-state index is 0.0361. The Morgan fingerprint density at radius 3 is 2.24 bits per heavy atom. The van der Waals surface area contributed by atoms with E-state index in [1.165, 1.54) is 0 Å². The van der Waals surface area contributed by atoms with Gasteiger partial charge in [-0.25, -0.2) is 8.78 Å². The molecule has 0 bridgehead atoms. The molecule has 5 nitrogen and oxygen atoms in total. The molecular weight excluding hydrogens is 330 g/mol. The Hall–Kier alpha value is -2.80. The number of rotatable bonds is 3. The first kappa shape index (κ1) is 17.0. The molecule has 0 spiro atoms. The maximum absolute atomic E-state index is 13.1. The molecule has 2 aromatic rings. The molecule has 1 aliphatic carbocycles. The number of amides is 2. The summed E-state index contributed by atoms with van der Waals surface area (Å²) in [4.78, 5) is 23.7. The fraction of sp³-hybridized carbons (Fsp3) is 0.222. The highest BCUT2D eigenvalue weighted by Crippen LogP contribution is 2.29. The number of nitrogens with one attached hydrogen (secondary N) is 2. The second kappa shape index (κ2) is 6.60. The molecule has 130 valence electrons. The smallest absolute Gasteiger partial charge is 0.313 e. The topological polar surface area (TPSA) is 78.4 Å². The summed E-state index contributed by atoms with van der Waals surface area (Å²) in [5, 5.41) is 15.1. The van der Waals surface area contributed by atoms with Crippen LogP contribution in [-0.2, 0) is 22.4 Å². The van der Waals surface area contributed by atoms with Gasteiger partial charge < -0.3 is 15.7 Å². The molecule has 7 heteroatoms. The van der Waals surface area contributed by atoms with Gasteiger partial charge in [0, 0.05) is 31.1 Å². The zero-order chi connectivity index (χ0) is 18.0. The highest BCUT2D eigenvalue weighted by molar-refractivity contribution is 6.39. The minimum Gasteiger partial charge on any atom is -0.387 e. The van der Waals surface area contributed by atoms with E-state index >= 15 is 0 Å². The van der Waals surface area contributed by atoms with Gasteiger partial charge in [0.1, 0.15) is 0 Å². The van der Waals surface area contributed by atoms with E-state index < -0.39 is 29.0 Å². The first-order chi connectivity index (χ1) is 11.9. The third-order valence-corrected chi connectivity index (χ3v) is 4.12. The van der Waals surface area contributed by atoms with Gasteiger partial charge >= 0.3 is 11.8 Å². The lowest BCUT2D eigenvalue weighted by atomic mass is 10.0. The van der Waals surface area contributed by atoms with Gasteiger partial charge in [-0.05, 0) is 23.3 Å². The molecule has 0 heterocycles. The minimum atomic E-state index is -1.15. The summed E-state index contributed by atoms with van der Waals surface area (Å²) < 4.78 is 26.0. The number of fused-ring (bicyclic) bond motifs is 1. The van der Waals surface area contributed by atoms with E-state index in [1.54, 1.807) is 0 Å². The summed E-state index contributed by atoms with van der Waals surface area (Å²) >= 11 is 0. The lowest BCUT2D eigenvalue weighted by Gasteiger charge is -2.22. The van der Waals surface area contributed by atoms with Gasteiger partial charge in [0.25, 0.3) is 0 Å². The Labute approximate surface area is 142 Å². The molecule has 0 aliphatic heterocycles. The normalized spacial score (nSPS) is 14.7. The van der Waals surface area contributed by atoms with Crippen LogP contribution in [0.5, 0.6) is 0 Å². The number of carbonyl (C=O) groups excluding carboxylic acids is 2. The van der Waals surface area contributed by atoms with Crippen molar-refractivity contribution in [3.63, 3.8) is 0 Å². The molecule has 2 aromatic carbocycles. The fourth-order valence-electron chi connectivity index (χ4n) is 2.89. The highest BCUT2D eigenvalue weighted by Gasteiger charge is 2.35. The largest absolute Gasteiger partial charge is 0.387 e. The summed E-state index contributed by atoms with van der Waals surface area (Å²) in [6, 6.07) is 10.3. The third kappa shape index (κ3) is 3.83. The average molecular weight is 346 g/mol. The standard InChI is InChI=1S/C18H16F2N2O3/c19-14-6-5-13(7-15(14)20)22-17(24)16(23)21-10-18(25)8-11-3-1-2-4-12(11)9-18/h1-7,25H,8-10H2,(H,21,23)(H,22,24). The highest BCUT2D eigenvalue weighted by atomic mass is 19.2. The van der Waals surface area contributed by atoms with Crippen molar-refractivity contribution in [2.24, 2.45) is 0 Å². The Balaban J connectivity index is 1.56. The fourth-order valence-corrected chi connectivity index (χ4v) is 2.89. The molecule has 0 saturated heterocycles. The quantitative estimate of drug-likeness (QED) is 0.738. The van der Waals surface area contributed by atoms with Crippen molar-refractivity contribution in [2.75, 3.05) is 11.9 Å². The molecular formula is C18H16F2N2O3. The van der Waals surface area contributed by atoms with Gasteiger partial charge in [-0.1, -0.05) is 24.3 Å². The van der Waals surface area contributed by atoms with Crippen LogP contribution in [0.3, 0.4) is 0 Å². The SMILES string of the molecule is O=C(NCC1(O)Cc2ccccc2C1)C(=O)Nc1ccc(F)c(F)c1. The predicted molar refractivity (Wildman–Crippen MR) is 86.8 cm³/mol. The van der Waals surface area contributed by atoms with Crippen LogP contribution >= 0.6 is 0 Å². The summed E-state index contributed by atoms with van der Waals surface area (Å²) in [5.41, 5.74) is 0.823. The zero-order valence-electron chi connectivity index (χ0n) is 13.2. The van der Waals surface area contributed by atoms with Gasteiger partial charge in [0.15, 0.2) is 11.6 Å². The summed E-state index contributed by atoms with van der Waals surface area (Å²) in [6.07, 6.45) is 0.766. The zero-order valence-corrected chi connectivity index (χ0v) is 13.2. The number of hydrogen-bond donors (Lipinski definition) is 3. The van der Waals surface area contributed by atoms with Gasteiger partial charge in [-0.3, -0.25) is 9.59 Å². The van der Waals surface area contributed by atoms with Crippen LogP contribution in [0.2, 0.25) is 0 Å². The van der Waals surface area contributed by atoms with Crippen molar-refractivity contribution >= 4 is 17.5 Å². The van der Waals surface area contributed by atoms with Crippen LogP contribution < -0.4 is 10.6 Å². The Bertz CT molecular complexity index is 814. The maximum Gasteiger partial charge on any atom is 0.313 e. The molecule has 25 heavy (non-hydrogen) atoms. The van der Waals surface area contributed by atoms with Crippen molar-refractivity contribution in [3.8, 4) is 0 Å². The molecule has 1 aliphatic rings. The lowest BCUT2D eigenvalue weighted by molar-refractivity contribution is -0.136. The Morgan fingerprint density at radius 1 is 1.00 bits per heavy atom. The van der Waals surface area contributed by atoms with Crippen LogP contribution in [-0.4, -0.2) is 29.1 Å². The molecule has 0 aromatic heterocycles. The average Bonchev–Trinajstić information content (AvgIpc) is 2.92. The van der Waals surface area contributed by atoms with E-state index in [1.807, 2.05) is 24.3 Å². The summed E-state index contributed by atoms with van der Waals surface area (Å²) in [6.45, 7) is -0.0916. The number of anilines is 1. The first-order valence-electron chi connectivity index (χ1n) is 7.70. The van der Waals surface area contributed by atoms with Crippen molar-refractivity contribution in [2.45, 2.75) is 18.4 Å². The van der Waals surface area contributed by atoms with Crippen LogP contribution in [0.4, 0.5) is 14.5 Å². The molecule has 3 N–H and O–H groups in total.